The average Bonchev–Trinajstić information content (AvgIpc) is 3.96. The van der Waals surface area contributed by atoms with Gasteiger partial charge in [-0.2, -0.15) is 5.10 Å². The number of nitrogens with zero attached hydrogens (tertiary/aromatic N) is 3. The molecule has 2 aliphatic carbocycles. The number of benzene rings is 4. The summed E-state index contributed by atoms with van der Waals surface area (Å²) in [6.45, 7) is 12.2. The molecule has 4 aromatic carbocycles. The Morgan fingerprint density at radius 3 is 1.80 bits per heavy atom. The first kappa shape index (κ1) is 58.8. The van der Waals surface area contributed by atoms with Gasteiger partial charge in [-0.1, -0.05) is 55.3 Å². The molecule has 79 heavy (non-hydrogen) atoms. The fourth-order valence-corrected chi connectivity index (χ4v) is 9.76. The number of ether oxygens (including phenoxy) is 10. The number of esters is 4. The van der Waals surface area contributed by atoms with Crippen molar-refractivity contribution in [2.45, 2.75) is 57.8 Å². The Bertz CT molecular complexity index is 2800. The van der Waals surface area contributed by atoms with Crippen molar-refractivity contribution in [3.05, 3.63) is 140 Å². The van der Waals surface area contributed by atoms with Crippen LogP contribution < -0.4 is 28.7 Å². The van der Waals surface area contributed by atoms with Gasteiger partial charge >= 0.3 is 23.9 Å². The quantitative estimate of drug-likeness (QED) is 0.00574. The normalized spacial score (nSPS) is 17.0. The lowest BCUT2D eigenvalue weighted by atomic mass is 9.79. The van der Waals surface area contributed by atoms with Crippen LogP contribution in [0.5, 0.6) is 28.7 Å². The van der Waals surface area contributed by atoms with Crippen LogP contribution in [0.4, 0.5) is 5.13 Å². The second-order valence-electron chi connectivity index (χ2n) is 18.7. The number of fused-ring (bicyclic) bond motifs is 1. The summed E-state index contributed by atoms with van der Waals surface area (Å²) < 4.78 is 56.8. The van der Waals surface area contributed by atoms with Crippen LogP contribution in [0.2, 0.25) is 0 Å². The van der Waals surface area contributed by atoms with E-state index in [1.54, 1.807) is 47.6 Å². The Labute approximate surface area is 463 Å². The van der Waals surface area contributed by atoms with E-state index >= 15 is 0 Å². The molecule has 0 N–H and O–H groups in total. The second kappa shape index (κ2) is 31.5. The number of anilines is 1. The van der Waals surface area contributed by atoms with Crippen molar-refractivity contribution in [2.24, 2.45) is 28.8 Å². The SMILES string of the molecule is C=CC(=O)OCCOCCOCCN(/N=C/c1cc(OCC2CCC(C(=O)Cc3ccc(OCOC(=O)C=C)cc3)CC2)ccc1OCC1CCC(C(=O)Oc2ccc(OCOC(=O)C=C)cc2)CC1)c1nc2ccccc2s1. The van der Waals surface area contributed by atoms with Gasteiger partial charge in [0.15, 0.2) is 0 Å². The van der Waals surface area contributed by atoms with Crippen LogP contribution >= 0.6 is 11.3 Å². The van der Waals surface area contributed by atoms with Crippen molar-refractivity contribution in [2.75, 3.05) is 71.4 Å². The number of Topliss-reactive ketones (excluding diaryl/α,β-unsaturated/α-hetero) is 1. The first-order chi connectivity index (χ1) is 38.5. The van der Waals surface area contributed by atoms with Crippen molar-refractivity contribution >= 4 is 62.6 Å². The van der Waals surface area contributed by atoms with Gasteiger partial charge in [-0.05, 0) is 135 Å². The average molecular weight is 1100 g/mol. The van der Waals surface area contributed by atoms with E-state index in [1.165, 1.54) is 11.3 Å². The Hall–Kier alpha value is -7.87. The molecule has 1 heterocycles. The summed E-state index contributed by atoms with van der Waals surface area (Å²) >= 11 is 1.52. The summed E-state index contributed by atoms with van der Waals surface area (Å²) in [5, 5.41) is 7.46. The van der Waals surface area contributed by atoms with Gasteiger partial charge in [0.1, 0.15) is 41.1 Å². The van der Waals surface area contributed by atoms with Crippen LogP contribution in [-0.4, -0.2) is 107 Å². The Balaban J connectivity index is 0.955. The third-order valence-corrected chi connectivity index (χ3v) is 14.3. The van der Waals surface area contributed by atoms with E-state index in [2.05, 4.69) is 19.7 Å². The summed E-state index contributed by atoms with van der Waals surface area (Å²) in [6, 6.07) is 27.4. The molecule has 18 nitrogen and oxygen atoms in total. The molecule has 2 fully saturated rings. The molecule has 7 rings (SSSR count). The number of thiazole rings is 1. The maximum absolute atomic E-state index is 13.4. The lowest BCUT2D eigenvalue weighted by Crippen LogP contribution is -2.27. The summed E-state index contributed by atoms with van der Waals surface area (Å²) in [5.41, 5.74) is 2.44. The van der Waals surface area contributed by atoms with Crippen LogP contribution in [0.3, 0.4) is 0 Å². The Kier molecular flexibility index (Phi) is 23.5. The number of hydrogen-bond donors (Lipinski definition) is 0. The number of hydrogen-bond acceptors (Lipinski definition) is 19. The van der Waals surface area contributed by atoms with Crippen LogP contribution in [0.15, 0.2) is 134 Å². The summed E-state index contributed by atoms with van der Waals surface area (Å²) in [4.78, 5) is 65.3. The van der Waals surface area contributed by atoms with E-state index in [0.29, 0.717) is 98.3 Å². The van der Waals surface area contributed by atoms with Crippen molar-refractivity contribution < 1.29 is 71.3 Å². The van der Waals surface area contributed by atoms with Crippen molar-refractivity contribution in [1.82, 2.24) is 4.98 Å². The summed E-state index contributed by atoms with van der Waals surface area (Å²) in [5.74, 6) is 1.09. The highest BCUT2D eigenvalue weighted by atomic mass is 32.1. The monoisotopic (exact) mass is 1100 g/mol. The van der Waals surface area contributed by atoms with Crippen LogP contribution in [0, 0.1) is 23.7 Å². The molecule has 0 bridgehead atoms. The minimum atomic E-state index is -0.592. The molecule has 19 heteroatoms. The largest absolute Gasteiger partial charge is 0.493 e. The third-order valence-electron chi connectivity index (χ3n) is 13.3. The molecule has 0 spiro atoms. The van der Waals surface area contributed by atoms with Gasteiger partial charge in [-0.15, -0.1) is 0 Å². The number of hydrazone groups is 1. The molecule has 0 aliphatic heterocycles. The molecular weight excluding hydrogens is 1030 g/mol. The van der Waals surface area contributed by atoms with E-state index in [4.69, 9.17) is 57.5 Å². The first-order valence-corrected chi connectivity index (χ1v) is 27.2. The van der Waals surface area contributed by atoms with E-state index in [9.17, 15) is 24.0 Å². The van der Waals surface area contributed by atoms with Gasteiger partial charge < -0.3 is 47.4 Å². The van der Waals surface area contributed by atoms with E-state index < -0.39 is 17.9 Å². The summed E-state index contributed by atoms with van der Waals surface area (Å²) in [6.07, 6.45) is 11.4. The van der Waals surface area contributed by atoms with E-state index in [1.807, 2.05) is 54.6 Å². The van der Waals surface area contributed by atoms with Crippen molar-refractivity contribution in [3.63, 3.8) is 0 Å². The molecule has 5 aromatic rings. The smallest absolute Gasteiger partial charge is 0.333 e. The van der Waals surface area contributed by atoms with Gasteiger partial charge in [0.25, 0.3) is 0 Å². The topological polar surface area (TPSA) is 206 Å². The van der Waals surface area contributed by atoms with Gasteiger partial charge in [0, 0.05) is 36.1 Å². The molecule has 2 saturated carbocycles. The van der Waals surface area contributed by atoms with Crippen LogP contribution in [0.1, 0.15) is 62.5 Å². The number of aromatic nitrogens is 1. The Morgan fingerprint density at radius 1 is 0.595 bits per heavy atom. The van der Waals surface area contributed by atoms with Crippen molar-refractivity contribution in [1.29, 1.82) is 0 Å². The fourth-order valence-electron chi connectivity index (χ4n) is 8.81. The van der Waals surface area contributed by atoms with Gasteiger partial charge in [-0.25, -0.2) is 24.4 Å². The lowest BCUT2D eigenvalue weighted by Gasteiger charge is -2.28. The zero-order chi connectivity index (χ0) is 55.6. The molecule has 0 unspecified atom stereocenters. The minimum absolute atomic E-state index is 0.0272. The predicted octanol–water partition coefficient (Wildman–Crippen LogP) is 9.82. The van der Waals surface area contributed by atoms with Gasteiger partial charge in [0.05, 0.1) is 68.5 Å². The fraction of sp³-hybridized carbons (Fsp3) is 0.383. The zero-order valence-corrected chi connectivity index (χ0v) is 45.0. The number of ketones is 1. The summed E-state index contributed by atoms with van der Waals surface area (Å²) in [7, 11) is 0. The van der Waals surface area contributed by atoms with E-state index in [-0.39, 0.29) is 62.2 Å². The minimum Gasteiger partial charge on any atom is -0.493 e. The first-order valence-electron chi connectivity index (χ1n) is 26.3. The standard InChI is InChI=1S/C60H67N3O15S/c1-4-56(65)71-34-33-70-32-31-69-30-29-63(60-62-52-9-7-8-10-55(52)79-60)61-37-47-36-51(72-38-43-11-17-45(18-12-43)53(64)35-42-15-21-48(22-16-42)74-40-76-57(66)5-2)27-28-54(47)73-39-44-13-19-46(20-14-44)59(68)78-50-25-23-49(24-26-50)75-41-77-58(67)6-3/h4-10,15-16,21-28,36-37,43-46H,1-3,11-14,17-20,29-35,38-41H2/b61-37+. The molecular formula is C60H67N3O15S. The number of para-hydroxylation sites is 1. The highest BCUT2D eigenvalue weighted by Gasteiger charge is 2.29. The molecule has 418 valence electrons. The van der Waals surface area contributed by atoms with Crippen molar-refractivity contribution in [3.8, 4) is 28.7 Å². The third kappa shape index (κ3) is 19.5. The number of rotatable bonds is 32. The molecule has 0 saturated heterocycles. The molecule has 2 aliphatic rings. The maximum Gasteiger partial charge on any atom is 0.333 e. The van der Waals surface area contributed by atoms with E-state index in [0.717, 1.165) is 72.5 Å². The molecule has 1 aromatic heterocycles. The number of carbonyl (C=O) groups is 5. The highest BCUT2D eigenvalue weighted by molar-refractivity contribution is 7.22. The number of carbonyl (C=O) groups excluding carboxylic acids is 5. The lowest BCUT2D eigenvalue weighted by molar-refractivity contribution is -0.145. The highest BCUT2D eigenvalue weighted by Crippen LogP contribution is 2.35. The zero-order valence-electron chi connectivity index (χ0n) is 44.2. The maximum atomic E-state index is 13.4. The molecule has 0 amide bonds. The van der Waals surface area contributed by atoms with Gasteiger partial charge in [0.2, 0.25) is 18.7 Å². The second-order valence-corrected chi connectivity index (χ2v) is 19.7. The van der Waals surface area contributed by atoms with Crippen LogP contribution in [-0.2, 0) is 54.1 Å². The Morgan fingerprint density at radius 2 is 1.15 bits per heavy atom. The van der Waals surface area contributed by atoms with Crippen LogP contribution in [0.25, 0.3) is 10.2 Å². The molecule has 0 atom stereocenters. The predicted molar refractivity (Wildman–Crippen MR) is 296 cm³/mol. The van der Waals surface area contributed by atoms with Gasteiger partial charge in [-0.3, -0.25) is 9.59 Å². The molecule has 0 radical (unpaired) electrons.